The molecular formula is C18H27N3O5S. The molecule has 0 radical (unpaired) electrons. The van der Waals surface area contributed by atoms with Gasteiger partial charge < -0.3 is 20.1 Å². The molecule has 1 saturated carbocycles. The lowest BCUT2D eigenvalue weighted by molar-refractivity contribution is -0.138. The molecule has 1 aliphatic heterocycles. The maximum absolute atomic E-state index is 13.1. The van der Waals surface area contributed by atoms with Crippen molar-refractivity contribution in [3.05, 3.63) is 18.2 Å². The number of amides is 1. The zero-order chi connectivity index (χ0) is 19.7. The number of benzene rings is 1. The number of hydrogen-bond donors (Lipinski definition) is 1. The van der Waals surface area contributed by atoms with E-state index in [0.29, 0.717) is 31.7 Å². The fraction of sp³-hybridized carbons (Fsp3) is 0.611. The minimum absolute atomic E-state index is 0.0593. The second-order valence-electron chi connectivity index (χ2n) is 7.08. The van der Waals surface area contributed by atoms with Crippen molar-refractivity contribution < 1.29 is 22.7 Å². The van der Waals surface area contributed by atoms with Gasteiger partial charge in [-0.05, 0) is 25.0 Å². The Bertz CT molecular complexity index is 797. The number of piperazine rings is 1. The third-order valence-corrected chi connectivity index (χ3v) is 7.36. The van der Waals surface area contributed by atoms with E-state index >= 15 is 0 Å². The third-order valence-electron chi connectivity index (χ3n) is 5.44. The van der Waals surface area contributed by atoms with Crippen LogP contribution in [0.4, 0.5) is 0 Å². The van der Waals surface area contributed by atoms with Crippen molar-refractivity contribution in [2.24, 2.45) is 5.73 Å². The number of sulfonamides is 1. The average molecular weight is 397 g/mol. The summed E-state index contributed by atoms with van der Waals surface area (Å²) in [5, 5.41) is 0. The molecule has 1 heterocycles. The van der Waals surface area contributed by atoms with Gasteiger partial charge in [-0.15, -0.1) is 0 Å². The Kier molecular flexibility index (Phi) is 5.64. The van der Waals surface area contributed by atoms with E-state index < -0.39 is 15.6 Å². The van der Waals surface area contributed by atoms with E-state index in [1.54, 1.807) is 17.0 Å². The van der Waals surface area contributed by atoms with Crippen LogP contribution < -0.4 is 15.2 Å². The topological polar surface area (TPSA) is 102 Å². The van der Waals surface area contributed by atoms with Crippen LogP contribution in [0.15, 0.2) is 23.1 Å². The first-order valence-electron chi connectivity index (χ1n) is 9.12. The lowest BCUT2D eigenvalue weighted by atomic mass is 9.97. The van der Waals surface area contributed by atoms with E-state index in [1.807, 2.05) is 0 Å². The number of carbonyl (C=O) groups excluding carboxylic acids is 1. The van der Waals surface area contributed by atoms with Crippen molar-refractivity contribution in [2.75, 3.05) is 40.4 Å². The quantitative estimate of drug-likeness (QED) is 0.789. The van der Waals surface area contributed by atoms with Crippen molar-refractivity contribution in [1.29, 1.82) is 0 Å². The molecule has 2 aliphatic rings. The Morgan fingerprint density at radius 2 is 1.70 bits per heavy atom. The summed E-state index contributed by atoms with van der Waals surface area (Å²) < 4.78 is 37.9. The Morgan fingerprint density at radius 3 is 2.26 bits per heavy atom. The lowest BCUT2D eigenvalue weighted by Gasteiger charge is -2.38. The molecular weight excluding hydrogens is 370 g/mol. The van der Waals surface area contributed by atoms with Crippen LogP contribution in [0.5, 0.6) is 11.5 Å². The zero-order valence-corrected chi connectivity index (χ0v) is 16.6. The van der Waals surface area contributed by atoms with Gasteiger partial charge >= 0.3 is 0 Å². The molecule has 1 aliphatic carbocycles. The van der Waals surface area contributed by atoms with E-state index in [9.17, 15) is 13.2 Å². The van der Waals surface area contributed by atoms with Gasteiger partial charge in [0.25, 0.3) is 0 Å². The van der Waals surface area contributed by atoms with Gasteiger partial charge in [0, 0.05) is 32.2 Å². The van der Waals surface area contributed by atoms with Crippen LogP contribution in [0, 0.1) is 0 Å². The molecule has 0 atom stereocenters. The molecule has 0 spiro atoms. The highest BCUT2D eigenvalue weighted by atomic mass is 32.2. The molecule has 3 rings (SSSR count). The zero-order valence-electron chi connectivity index (χ0n) is 15.8. The van der Waals surface area contributed by atoms with E-state index in [1.165, 1.54) is 24.6 Å². The molecule has 1 aromatic carbocycles. The first-order chi connectivity index (χ1) is 12.8. The number of hydrogen-bond acceptors (Lipinski definition) is 6. The molecule has 8 nitrogen and oxygen atoms in total. The minimum atomic E-state index is -3.76. The highest BCUT2D eigenvalue weighted by Gasteiger charge is 2.41. The van der Waals surface area contributed by atoms with Gasteiger partial charge in [-0.1, -0.05) is 12.8 Å². The Balaban J connectivity index is 1.74. The fourth-order valence-electron chi connectivity index (χ4n) is 3.79. The molecule has 2 N–H and O–H groups in total. The molecule has 2 fully saturated rings. The van der Waals surface area contributed by atoms with Crippen LogP contribution in [0.1, 0.15) is 25.7 Å². The van der Waals surface area contributed by atoms with Crippen molar-refractivity contribution in [3.8, 4) is 11.5 Å². The molecule has 0 aromatic heterocycles. The smallest absolute Gasteiger partial charge is 0.247 e. The summed E-state index contributed by atoms with van der Waals surface area (Å²) in [4.78, 5) is 14.5. The van der Waals surface area contributed by atoms with E-state index in [4.69, 9.17) is 15.2 Å². The lowest BCUT2D eigenvalue weighted by Crippen LogP contribution is -2.59. The number of nitrogens with zero attached hydrogens (tertiary/aromatic N) is 2. The molecule has 9 heteroatoms. The molecule has 1 amide bonds. The van der Waals surface area contributed by atoms with Crippen LogP contribution in [-0.2, 0) is 14.8 Å². The Labute approximate surface area is 160 Å². The predicted octanol–water partition coefficient (Wildman–Crippen LogP) is 0.808. The SMILES string of the molecule is COc1ccc(OC)c(S(=O)(=O)N2CCN(C(=O)C3(N)CCCC3)CC2)c1. The van der Waals surface area contributed by atoms with Gasteiger partial charge in [-0.2, -0.15) is 4.31 Å². The van der Waals surface area contributed by atoms with E-state index in [2.05, 4.69) is 0 Å². The second kappa shape index (κ2) is 7.65. The van der Waals surface area contributed by atoms with Gasteiger partial charge in [-0.25, -0.2) is 8.42 Å². The van der Waals surface area contributed by atoms with Crippen molar-refractivity contribution in [2.45, 2.75) is 36.1 Å². The van der Waals surface area contributed by atoms with Gasteiger partial charge in [0.2, 0.25) is 15.9 Å². The van der Waals surface area contributed by atoms with Crippen molar-refractivity contribution in [3.63, 3.8) is 0 Å². The van der Waals surface area contributed by atoms with Crippen molar-refractivity contribution in [1.82, 2.24) is 9.21 Å². The second-order valence-corrected chi connectivity index (χ2v) is 8.98. The van der Waals surface area contributed by atoms with Crippen LogP contribution in [0.3, 0.4) is 0 Å². The molecule has 150 valence electrons. The molecule has 0 bridgehead atoms. The summed E-state index contributed by atoms with van der Waals surface area (Å²) in [6.07, 6.45) is 3.33. The van der Waals surface area contributed by atoms with Gasteiger partial charge in [-0.3, -0.25) is 4.79 Å². The van der Waals surface area contributed by atoms with Crippen LogP contribution in [-0.4, -0.2) is 69.5 Å². The predicted molar refractivity (Wildman–Crippen MR) is 100 cm³/mol. The first kappa shape index (κ1) is 19.9. The summed E-state index contributed by atoms with van der Waals surface area (Å²) in [5.41, 5.74) is 5.48. The van der Waals surface area contributed by atoms with Crippen LogP contribution in [0.25, 0.3) is 0 Å². The number of carbonyl (C=O) groups is 1. The number of nitrogens with two attached hydrogens (primary N) is 1. The number of methoxy groups -OCH3 is 2. The van der Waals surface area contributed by atoms with Crippen LogP contribution >= 0.6 is 0 Å². The first-order valence-corrected chi connectivity index (χ1v) is 10.6. The number of rotatable bonds is 5. The normalized spacial score (nSPS) is 20.5. The molecule has 1 saturated heterocycles. The summed E-state index contributed by atoms with van der Waals surface area (Å²) in [6, 6.07) is 4.68. The van der Waals surface area contributed by atoms with E-state index in [-0.39, 0.29) is 29.6 Å². The molecule has 0 unspecified atom stereocenters. The average Bonchev–Trinajstić information content (AvgIpc) is 3.14. The minimum Gasteiger partial charge on any atom is -0.497 e. The highest BCUT2D eigenvalue weighted by molar-refractivity contribution is 7.89. The summed E-state index contributed by atoms with van der Waals surface area (Å²) in [7, 11) is -0.851. The van der Waals surface area contributed by atoms with Gasteiger partial charge in [0.15, 0.2) is 0 Å². The van der Waals surface area contributed by atoms with Gasteiger partial charge in [0.1, 0.15) is 16.4 Å². The Morgan fingerprint density at radius 1 is 1.07 bits per heavy atom. The summed E-state index contributed by atoms with van der Waals surface area (Å²) in [5.74, 6) is 0.645. The van der Waals surface area contributed by atoms with Gasteiger partial charge in [0.05, 0.1) is 19.8 Å². The molecule has 27 heavy (non-hydrogen) atoms. The monoisotopic (exact) mass is 397 g/mol. The number of ether oxygens (including phenoxy) is 2. The third kappa shape index (κ3) is 3.76. The molecule has 1 aromatic rings. The van der Waals surface area contributed by atoms with Crippen LogP contribution in [0.2, 0.25) is 0 Å². The Hall–Kier alpha value is -1.84. The standard InChI is InChI=1S/C18H27N3O5S/c1-25-14-5-6-15(26-2)16(13-14)27(23,24)21-11-9-20(10-12-21)17(22)18(19)7-3-4-8-18/h5-6,13H,3-4,7-12,19H2,1-2H3. The summed E-state index contributed by atoms with van der Waals surface area (Å²) >= 11 is 0. The largest absolute Gasteiger partial charge is 0.497 e. The van der Waals surface area contributed by atoms with Crippen molar-refractivity contribution >= 4 is 15.9 Å². The van der Waals surface area contributed by atoms with E-state index in [0.717, 1.165) is 12.8 Å². The maximum Gasteiger partial charge on any atom is 0.247 e. The summed E-state index contributed by atoms with van der Waals surface area (Å²) in [6.45, 7) is 1.13. The maximum atomic E-state index is 13.1. The fourth-order valence-corrected chi connectivity index (χ4v) is 5.38. The highest BCUT2D eigenvalue weighted by Crippen LogP contribution is 2.32.